The molecule has 0 aromatic heterocycles. The van der Waals surface area contributed by atoms with Crippen LogP contribution in [-0.4, -0.2) is 62.5 Å². The summed E-state index contributed by atoms with van der Waals surface area (Å²) in [7, 11) is 2.64. The summed E-state index contributed by atoms with van der Waals surface area (Å²) in [5.74, 6) is 0.737. The van der Waals surface area contributed by atoms with Crippen LogP contribution >= 0.6 is 11.6 Å². The van der Waals surface area contributed by atoms with Crippen molar-refractivity contribution in [2.45, 2.75) is 37.6 Å². The lowest BCUT2D eigenvalue weighted by molar-refractivity contribution is 0.0455. The van der Waals surface area contributed by atoms with Crippen molar-refractivity contribution in [3.8, 4) is 0 Å². The van der Waals surface area contributed by atoms with E-state index in [0.29, 0.717) is 18.8 Å². The zero-order valence-corrected chi connectivity index (χ0v) is 13.2. The van der Waals surface area contributed by atoms with E-state index in [1.807, 2.05) is 14.1 Å². The molecule has 0 bridgehead atoms. The van der Waals surface area contributed by atoms with Gasteiger partial charge in [-0.2, -0.15) is 0 Å². The number of halogens is 1. The lowest BCUT2D eigenvalue weighted by atomic mass is 9.75. The first-order valence-corrected chi connectivity index (χ1v) is 8.66. The van der Waals surface area contributed by atoms with Gasteiger partial charge in [0.15, 0.2) is 0 Å². The predicted octanol–water partition coefficient (Wildman–Crippen LogP) is 1.75. The first kappa shape index (κ1) is 16.2. The van der Waals surface area contributed by atoms with Crippen molar-refractivity contribution >= 4 is 21.6 Å². The average Bonchev–Trinajstić information content (AvgIpc) is 2.22. The second kappa shape index (κ2) is 6.55. The summed E-state index contributed by atoms with van der Waals surface area (Å²) in [6.45, 7) is 0.600. The fourth-order valence-corrected chi connectivity index (χ4v) is 3.89. The van der Waals surface area contributed by atoms with Crippen LogP contribution in [0.4, 0.5) is 0 Å². The minimum Gasteiger partial charge on any atom is -0.302 e. The van der Waals surface area contributed by atoms with Crippen molar-refractivity contribution < 1.29 is 8.42 Å². The van der Waals surface area contributed by atoms with Gasteiger partial charge in [-0.05, 0) is 46.2 Å². The first-order chi connectivity index (χ1) is 8.34. The standard InChI is InChI=1S/C12H25ClN2O2S/c1-14(2)12(7-6-8-12)11-15(3)18(16,17)10-5-4-9-13/h4-11H2,1-3H3. The van der Waals surface area contributed by atoms with Crippen LogP contribution in [-0.2, 0) is 10.0 Å². The lowest BCUT2D eigenvalue weighted by Crippen LogP contribution is -2.57. The molecule has 0 spiro atoms. The smallest absolute Gasteiger partial charge is 0.213 e. The maximum atomic E-state index is 12.1. The van der Waals surface area contributed by atoms with Crippen LogP contribution < -0.4 is 0 Å². The fourth-order valence-electron chi connectivity index (χ4n) is 2.38. The Kier molecular flexibility index (Phi) is 5.90. The maximum Gasteiger partial charge on any atom is 0.213 e. The Morgan fingerprint density at radius 1 is 1.17 bits per heavy atom. The molecule has 0 amide bonds. The van der Waals surface area contributed by atoms with E-state index in [9.17, 15) is 8.42 Å². The molecule has 1 rings (SSSR count). The second-order valence-electron chi connectivity index (χ2n) is 5.44. The molecule has 1 saturated carbocycles. The Morgan fingerprint density at radius 3 is 2.17 bits per heavy atom. The van der Waals surface area contributed by atoms with Crippen LogP contribution in [0.1, 0.15) is 32.1 Å². The molecule has 0 aliphatic heterocycles. The molecule has 0 N–H and O–H groups in total. The van der Waals surface area contributed by atoms with Gasteiger partial charge in [0, 0.05) is 25.0 Å². The number of rotatable bonds is 8. The maximum absolute atomic E-state index is 12.1. The third kappa shape index (κ3) is 3.83. The molecule has 0 unspecified atom stereocenters. The zero-order chi connectivity index (χ0) is 13.8. The number of unbranched alkanes of at least 4 members (excludes halogenated alkanes) is 1. The van der Waals surface area contributed by atoms with Crippen LogP contribution in [0.25, 0.3) is 0 Å². The molecule has 0 saturated heterocycles. The van der Waals surface area contributed by atoms with Gasteiger partial charge in [0.1, 0.15) is 0 Å². The van der Waals surface area contributed by atoms with Gasteiger partial charge in [0.05, 0.1) is 5.75 Å². The van der Waals surface area contributed by atoms with Gasteiger partial charge in [-0.3, -0.25) is 0 Å². The topological polar surface area (TPSA) is 40.6 Å². The quantitative estimate of drug-likeness (QED) is 0.506. The summed E-state index contributed by atoms with van der Waals surface area (Å²) in [6.07, 6.45) is 4.76. The van der Waals surface area contributed by atoms with E-state index in [-0.39, 0.29) is 11.3 Å². The SMILES string of the molecule is CN(C)C1(CN(C)S(=O)(=O)CCCCCl)CCC1. The fraction of sp³-hybridized carbons (Fsp3) is 1.00. The number of hydrogen-bond donors (Lipinski definition) is 0. The Hall–Kier alpha value is 0.160. The van der Waals surface area contributed by atoms with Crippen molar-refractivity contribution in [2.75, 3.05) is 39.3 Å². The molecule has 18 heavy (non-hydrogen) atoms. The summed E-state index contributed by atoms with van der Waals surface area (Å²) >= 11 is 5.57. The number of nitrogens with zero attached hydrogens (tertiary/aromatic N) is 2. The molecule has 0 aromatic carbocycles. The van der Waals surface area contributed by atoms with Gasteiger partial charge in [-0.1, -0.05) is 0 Å². The largest absolute Gasteiger partial charge is 0.302 e. The second-order valence-corrected chi connectivity index (χ2v) is 8.01. The zero-order valence-electron chi connectivity index (χ0n) is 11.7. The predicted molar refractivity (Wildman–Crippen MR) is 76.6 cm³/mol. The highest BCUT2D eigenvalue weighted by Gasteiger charge is 2.41. The molecule has 108 valence electrons. The summed E-state index contributed by atoms with van der Waals surface area (Å²) < 4.78 is 25.7. The van der Waals surface area contributed by atoms with Crippen LogP contribution in [0.15, 0.2) is 0 Å². The molecular formula is C12H25ClN2O2S. The number of likely N-dealkylation sites (N-methyl/N-ethyl adjacent to an activating group) is 2. The van der Waals surface area contributed by atoms with Crippen molar-refractivity contribution in [3.05, 3.63) is 0 Å². The normalized spacial score (nSPS) is 19.2. The Morgan fingerprint density at radius 2 is 1.78 bits per heavy atom. The molecule has 0 atom stereocenters. The van der Waals surface area contributed by atoms with Gasteiger partial charge < -0.3 is 4.90 Å². The summed E-state index contributed by atoms with van der Waals surface area (Å²) in [5.41, 5.74) is 0.0499. The molecule has 1 aliphatic rings. The monoisotopic (exact) mass is 296 g/mol. The molecular weight excluding hydrogens is 272 g/mol. The lowest BCUT2D eigenvalue weighted by Gasteiger charge is -2.49. The Bertz CT molecular complexity index is 353. The van der Waals surface area contributed by atoms with Gasteiger partial charge in [0.2, 0.25) is 10.0 Å². The van der Waals surface area contributed by atoms with Crippen LogP contribution in [0, 0.1) is 0 Å². The molecule has 4 nitrogen and oxygen atoms in total. The van der Waals surface area contributed by atoms with Crippen molar-refractivity contribution in [1.82, 2.24) is 9.21 Å². The number of alkyl halides is 1. The van der Waals surface area contributed by atoms with Gasteiger partial charge in [0.25, 0.3) is 0 Å². The molecule has 0 radical (unpaired) electrons. The third-order valence-corrected chi connectivity index (χ3v) is 6.16. The van der Waals surface area contributed by atoms with Crippen LogP contribution in [0.2, 0.25) is 0 Å². The minimum atomic E-state index is -3.13. The van der Waals surface area contributed by atoms with E-state index in [4.69, 9.17) is 11.6 Å². The molecule has 0 heterocycles. The first-order valence-electron chi connectivity index (χ1n) is 6.51. The van der Waals surface area contributed by atoms with E-state index >= 15 is 0 Å². The van der Waals surface area contributed by atoms with E-state index in [1.165, 1.54) is 10.7 Å². The van der Waals surface area contributed by atoms with Crippen molar-refractivity contribution in [1.29, 1.82) is 0 Å². The summed E-state index contributed by atoms with van der Waals surface area (Å²) in [4.78, 5) is 2.17. The minimum absolute atomic E-state index is 0.0499. The van der Waals surface area contributed by atoms with E-state index in [0.717, 1.165) is 19.3 Å². The van der Waals surface area contributed by atoms with E-state index in [2.05, 4.69) is 4.90 Å². The third-order valence-electron chi connectivity index (χ3n) is 4.01. The number of sulfonamides is 1. The highest BCUT2D eigenvalue weighted by molar-refractivity contribution is 7.89. The molecule has 1 fully saturated rings. The highest BCUT2D eigenvalue weighted by Crippen LogP contribution is 2.37. The Balaban J connectivity index is 2.55. The van der Waals surface area contributed by atoms with E-state index in [1.54, 1.807) is 7.05 Å². The number of hydrogen-bond acceptors (Lipinski definition) is 3. The van der Waals surface area contributed by atoms with Gasteiger partial charge in [-0.25, -0.2) is 12.7 Å². The highest BCUT2D eigenvalue weighted by atomic mass is 35.5. The summed E-state index contributed by atoms with van der Waals surface area (Å²) in [5, 5.41) is 0. The average molecular weight is 297 g/mol. The van der Waals surface area contributed by atoms with Crippen molar-refractivity contribution in [3.63, 3.8) is 0 Å². The van der Waals surface area contributed by atoms with Gasteiger partial charge >= 0.3 is 0 Å². The molecule has 6 heteroatoms. The summed E-state index contributed by atoms with van der Waals surface area (Å²) in [6, 6.07) is 0. The van der Waals surface area contributed by atoms with Crippen LogP contribution in [0.5, 0.6) is 0 Å². The Labute approximate surface area is 116 Å². The molecule has 1 aliphatic carbocycles. The molecule has 0 aromatic rings. The van der Waals surface area contributed by atoms with Crippen LogP contribution in [0.3, 0.4) is 0 Å². The van der Waals surface area contributed by atoms with E-state index < -0.39 is 10.0 Å². The van der Waals surface area contributed by atoms with Crippen molar-refractivity contribution in [2.24, 2.45) is 0 Å². The van der Waals surface area contributed by atoms with Gasteiger partial charge in [-0.15, -0.1) is 11.6 Å².